The molecule has 0 aliphatic rings. The summed E-state index contributed by atoms with van der Waals surface area (Å²) >= 11 is 0. The maximum absolute atomic E-state index is 14.5. The molecule has 0 bridgehead atoms. The number of rotatable bonds is 6. The van der Waals surface area contributed by atoms with Crippen molar-refractivity contribution in [3.63, 3.8) is 0 Å². The lowest BCUT2D eigenvalue weighted by Gasteiger charge is -2.26. The van der Waals surface area contributed by atoms with Crippen molar-refractivity contribution in [1.29, 1.82) is 0 Å². The Morgan fingerprint density at radius 3 is 2.33 bits per heavy atom. The lowest BCUT2D eigenvalue weighted by Crippen LogP contribution is -2.44. The van der Waals surface area contributed by atoms with Gasteiger partial charge in [-0.2, -0.15) is 13.9 Å². The van der Waals surface area contributed by atoms with Crippen molar-refractivity contribution < 1.29 is 22.3 Å². The second-order valence-electron chi connectivity index (χ2n) is 6.78. The van der Waals surface area contributed by atoms with Crippen molar-refractivity contribution in [2.75, 3.05) is 0 Å². The first-order chi connectivity index (χ1) is 14.3. The number of halogens is 4. The lowest BCUT2D eigenvalue weighted by molar-refractivity contribution is -0.107. The number of hydrogen-bond donors (Lipinski definition) is 1. The number of fused-ring (bicyclic) bond motifs is 1. The van der Waals surface area contributed by atoms with Gasteiger partial charge in [0, 0.05) is 5.39 Å². The van der Waals surface area contributed by atoms with Gasteiger partial charge in [0.05, 0.1) is 17.4 Å². The quantitative estimate of drug-likeness (QED) is 0.349. The zero-order chi connectivity index (χ0) is 21.3. The van der Waals surface area contributed by atoms with Gasteiger partial charge in [0.15, 0.2) is 6.10 Å². The van der Waals surface area contributed by atoms with Gasteiger partial charge in [0.1, 0.15) is 11.6 Å². The van der Waals surface area contributed by atoms with E-state index in [1.807, 2.05) is 0 Å². The van der Waals surface area contributed by atoms with E-state index >= 15 is 0 Å². The third kappa shape index (κ3) is 3.99. The van der Waals surface area contributed by atoms with Gasteiger partial charge >= 0.3 is 6.05 Å². The highest BCUT2D eigenvalue weighted by molar-refractivity contribution is 5.81. The van der Waals surface area contributed by atoms with E-state index in [9.17, 15) is 17.6 Å². The van der Waals surface area contributed by atoms with Crippen LogP contribution in [0, 0.1) is 5.82 Å². The molecule has 1 aromatic heterocycles. The zero-order valence-corrected chi connectivity index (χ0v) is 15.6. The number of ether oxygens (including phenoxy) is 1. The van der Waals surface area contributed by atoms with E-state index in [1.165, 1.54) is 30.3 Å². The van der Waals surface area contributed by atoms with Gasteiger partial charge in [-0.05, 0) is 48.0 Å². The third-order valence-corrected chi connectivity index (χ3v) is 4.64. The molecular weight excluding hydrogens is 398 g/mol. The maximum Gasteiger partial charge on any atom is 0.335 e. The van der Waals surface area contributed by atoms with Gasteiger partial charge in [-0.3, -0.25) is 5.73 Å². The number of benzene rings is 3. The Balaban J connectivity index is 1.67. The third-order valence-electron chi connectivity index (χ3n) is 4.64. The molecule has 3 aromatic carbocycles. The van der Waals surface area contributed by atoms with Crippen molar-refractivity contribution in [2.24, 2.45) is 5.73 Å². The monoisotopic (exact) mass is 415 g/mol. The summed E-state index contributed by atoms with van der Waals surface area (Å²) < 4.78 is 61.9. The summed E-state index contributed by atoms with van der Waals surface area (Å²) in [6.07, 6.45) is -2.80. The normalized spacial score (nSPS) is 13.9. The van der Waals surface area contributed by atoms with Crippen LogP contribution in [0.2, 0.25) is 0 Å². The van der Waals surface area contributed by atoms with E-state index in [0.29, 0.717) is 16.6 Å². The highest BCUT2D eigenvalue weighted by Crippen LogP contribution is 2.34. The van der Waals surface area contributed by atoms with Crippen molar-refractivity contribution in [2.45, 2.75) is 18.3 Å². The van der Waals surface area contributed by atoms with Gasteiger partial charge in [-0.25, -0.2) is 13.5 Å². The van der Waals surface area contributed by atoms with Crippen molar-refractivity contribution in [1.82, 2.24) is 9.78 Å². The zero-order valence-electron chi connectivity index (χ0n) is 15.6. The largest absolute Gasteiger partial charge is 0.482 e. The molecule has 4 aromatic rings. The van der Waals surface area contributed by atoms with Gasteiger partial charge in [-0.15, -0.1) is 0 Å². The minimum Gasteiger partial charge on any atom is -0.482 e. The fourth-order valence-corrected chi connectivity index (χ4v) is 3.16. The standard InChI is InChI=1S/C22H17F4N3O/c23-16-6-8-17(9-7-16)29-19-11-10-18(12-15(19)13-28-29)30-20(21(24)22(25,26)27)14-4-2-1-3-5-14/h1-13,20-21H,27H2. The first kappa shape index (κ1) is 19.9. The first-order valence-corrected chi connectivity index (χ1v) is 9.09. The van der Waals surface area contributed by atoms with Crippen LogP contribution in [0.4, 0.5) is 17.6 Å². The molecule has 0 spiro atoms. The number of alkyl halides is 3. The predicted octanol–water partition coefficient (Wildman–Crippen LogP) is 5.17. The molecule has 154 valence electrons. The van der Waals surface area contributed by atoms with Crippen molar-refractivity contribution in [3.05, 3.63) is 90.4 Å². The molecule has 4 rings (SSSR count). The topological polar surface area (TPSA) is 53.1 Å². The molecule has 0 radical (unpaired) electrons. The molecule has 30 heavy (non-hydrogen) atoms. The Bertz CT molecular complexity index is 1140. The molecule has 2 N–H and O–H groups in total. The van der Waals surface area contributed by atoms with Crippen LogP contribution in [-0.4, -0.2) is 22.0 Å². The molecule has 1 heterocycles. The lowest BCUT2D eigenvalue weighted by atomic mass is 10.0. The first-order valence-electron chi connectivity index (χ1n) is 9.09. The SMILES string of the molecule is NC(F)(F)C(F)C(Oc1ccc2c(cnn2-c2ccc(F)cc2)c1)c1ccccc1. The molecular formula is C22H17F4N3O. The Hall–Kier alpha value is -3.39. The van der Waals surface area contributed by atoms with Gasteiger partial charge in [0.25, 0.3) is 0 Å². The van der Waals surface area contributed by atoms with Crippen molar-refractivity contribution in [3.8, 4) is 11.4 Å². The van der Waals surface area contributed by atoms with E-state index in [2.05, 4.69) is 5.10 Å². The van der Waals surface area contributed by atoms with E-state index < -0.39 is 18.3 Å². The summed E-state index contributed by atoms with van der Waals surface area (Å²) in [6, 6.07) is 14.4. The number of aromatic nitrogens is 2. The Labute approximate surface area is 169 Å². The van der Waals surface area contributed by atoms with E-state index in [0.717, 1.165) is 0 Å². The average molecular weight is 415 g/mol. The maximum atomic E-state index is 14.5. The highest BCUT2D eigenvalue weighted by atomic mass is 19.3. The average Bonchev–Trinajstić information content (AvgIpc) is 3.15. The molecule has 0 amide bonds. The second kappa shape index (κ2) is 7.79. The molecule has 2 unspecified atom stereocenters. The summed E-state index contributed by atoms with van der Waals surface area (Å²) in [6.45, 7) is 0. The van der Waals surface area contributed by atoms with E-state index in [1.54, 1.807) is 53.3 Å². The van der Waals surface area contributed by atoms with Crippen LogP contribution in [0.1, 0.15) is 11.7 Å². The molecule has 0 saturated carbocycles. The summed E-state index contributed by atoms with van der Waals surface area (Å²) in [5, 5.41) is 4.91. The van der Waals surface area contributed by atoms with Crippen LogP contribution >= 0.6 is 0 Å². The minimum atomic E-state index is -4.07. The molecule has 8 heteroatoms. The fourth-order valence-electron chi connectivity index (χ4n) is 3.16. The molecule has 4 nitrogen and oxygen atoms in total. The van der Waals surface area contributed by atoms with Gasteiger partial charge < -0.3 is 4.74 Å². The fraction of sp³-hybridized carbons (Fsp3) is 0.136. The van der Waals surface area contributed by atoms with E-state index in [-0.39, 0.29) is 17.1 Å². The van der Waals surface area contributed by atoms with E-state index in [4.69, 9.17) is 10.5 Å². The van der Waals surface area contributed by atoms with Gasteiger partial charge in [0.2, 0.25) is 6.17 Å². The van der Waals surface area contributed by atoms with Crippen LogP contribution in [0.5, 0.6) is 5.75 Å². The Kier molecular flexibility index (Phi) is 5.17. The van der Waals surface area contributed by atoms with Crippen LogP contribution in [0.3, 0.4) is 0 Å². The summed E-state index contributed by atoms with van der Waals surface area (Å²) in [5.41, 5.74) is 6.28. The number of hydrogen-bond acceptors (Lipinski definition) is 3. The predicted molar refractivity (Wildman–Crippen MR) is 105 cm³/mol. The van der Waals surface area contributed by atoms with Crippen molar-refractivity contribution >= 4 is 10.9 Å². The smallest absolute Gasteiger partial charge is 0.335 e. The molecule has 0 saturated heterocycles. The minimum absolute atomic E-state index is 0.182. The molecule has 0 aliphatic heterocycles. The molecule has 0 aliphatic carbocycles. The van der Waals surface area contributed by atoms with Crippen LogP contribution in [0.15, 0.2) is 79.0 Å². The Morgan fingerprint density at radius 2 is 1.67 bits per heavy atom. The number of nitrogens with zero attached hydrogens (tertiary/aromatic N) is 2. The van der Waals surface area contributed by atoms with Crippen LogP contribution in [0.25, 0.3) is 16.6 Å². The summed E-state index contributed by atoms with van der Waals surface area (Å²) in [4.78, 5) is 0. The highest BCUT2D eigenvalue weighted by Gasteiger charge is 2.43. The molecule has 0 fully saturated rings. The second-order valence-corrected chi connectivity index (χ2v) is 6.78. The van der Waals surface area contributed by atoms with Crippen LogP contribution in [-0.2, 0) is 0 Å². The number of nitrogens with two attached hydrogens (primary N) is 1. The Morgan fingerprint density at radius 1 is 0.967 bits per heavy atom. The summed E-state index contributed by atoms with van der Waals surface area (Å²) in [7, 11) is 0. The summed E-state index contributed by atoms with van der Waals surface area (Å²) in [5.74, 6) is -0.183. The molecule has 2 atom stereocenters. The van der Waals surface area contributed by atoms with Gasteiger partial charge in [-0.1, -0.05) is 30.3 Å². The van der Waals surface area contributed by atoms with Crippen LogP contribution < -0.4 is 10.5 Å².